The summed E-state index contributed by atoms with van der Waals surface area (Å²) in [6.45, 7) is 9.58. The number of carbonyl (C=O) groups is 5. The normalized spacial score (nSPS) is 17.2. The number of benzene rings is 1. The van der Waals surface area contributed by atoms with Crippen LogP contribution in [0.3, 0.4) is 0 Å². The van der Waals surface area contributed by atoms with Crippen LogP contribution in [-0.2, 0) is 30.4 Å². The largest absolute Gasteiger partial charge is 0.508 e. The van der Waals surface area contributed by atoms with Gasteiger partial charge in [-0.2, -0.15) is 5.26 Å². The molecule has 0 aromatic heterocycles. The second-order valence-electron chi connectivity index (χ2n) is 13.5. The van der Waals surface area contributed by atoms with Crippen molar-refractivity contribution in [2.75, 3.05) is 20.1 Å². The van der Waals surface area contributed by atoms with Gasteiger partial charge in [-0.25, -0.2) is 0 Å². The molecule has 0 spiro atoms. The van der Waals surface area contributed by atoms with E-state index < -0.39 is 63.3 Å². The van der Waals surface area contributed by atoms with Crippen LogP contribution >= 0.6 is 0 Å². The van der Waals surface area contributed by atoms with Crippen molar-refractivity contribution in [1.82, 2.24) is 21.3 Å². The highest BCUT2D eigenvalue weighted by molar-refractivity contribution is 5.92. The van der Waals surface area contributed by atoms with Gasteiger partial charge in [0.05, 0.1) is 29.5 Å². The van der Waals surface area contributed by atoms with Gasteiger partial charge in [0, 0.05) is 37.3 Å². The van der Waals surface area contributed by atoms with Gasteiger partial charge in [0.1, 0.15) is 11.8 Å². The smallest absolute Gasteiger partial charge is 0.240 e. The van der Waals surface area contributed by atoms with Crippen molar-refractivity contribution >= 4 is 29.5 Å². The molecule has 0 radical (unpaired) electrons. The lowest BCUT2D eigenvalue weighted by Crippen LogP contribution is -2.58. The predicted molar refractivity (Wildman–Crippen MR) is 180 cm³/mol. The van der Waals surface area contributed by atoms with E-state index in [9.17, 15) is 39.4 Å². The summed E-state index contributed by atoms with van der Waals surface area (Å²) in [6, 6.07) is 6.98. The maximum atomic E-state index is 14.5. The molecule has 6 atom stereocenters. The monoisotopic (exact) mass is 668 g/mol. The number of phenolic OH excluding ortho intramolecular Hbond substituents is 1. The number of aliphatic hydroxyl groups excluding tert-OH is 1. The standard InChI is InChI=1S/C35H52N6O7/c1-9-17-39-27(44)15-16-34(6,22-36)35(7,31(48)41-26(28(37)45)18-24-11-13-25(43)14-12-24)21-33(5,29(46)38-8)20-32(4,10-2)30(47)40-19-23(3)42/h1,11-14,23,26,42-43H,10,15-21H2,2-8H3,(H2,37,45)(H,38,46)(H,39,44)(H,40,47)(H,41,48). The van der Waals surface area contributed by atoms with Crippen molar-refractivity contribution in [2.24, 2.45) is 27.4 Å². The van der Waals surface area contributed by atoms with Crippen LogP contribution in [0.4, 0.5) is 0 Å². The van der Waals surface area contributed by atoms with Gasteiger partial charge in [0.2, 0.25) is 29.5 Å². The first-order valence-corrected chi connectivity index (χ1v) is 15.9. The quantitative estimate of drug-likeness (QED) is 0.107. The highest BCUT2D eigenvalue weighted by Crippen LogP contribution is 2.53. The summed E-state index contributed by atoms with van der Waals surface area (Å²) < 4.78 is 0. The molecule has 0 aliphatic carbocycles. The van der Waals surface area contributed by atoms with Crippen LogP contribution < -0.4 is 27.0 Å². The molecule has 264 valence electrons. The maximum Gasteiger partial charge on any atom is 0.240 e. The molecule has 0 heterocycles. The highest BCUT2D eigenvalue weighted by atomic mass is 16.3. The van der Waals surface area contributed by atoms with Crippen LogP contribution in [0.25, 0.3) is 0 Å². The molecule has 13 heteroatoms. The van der Waals surface area contributed by atoms with Crippen molar-refractivity contribution in [3.8, 4) is 24.2 Å². The van der Waals surface area contributed by atoms with E-state index in [0.717, 1.165) is 0 Å². The van der Waals surface area contributed by atoms with Crippen molar-refractivity contribution in [3.05, 3.63) is 29.8 Å². The average molecular weight is 669 g/mol. The van der Waals surface area contributed by atoms with Gasteiger partial charge in [-0.05, 0) is 64.2 Å². The predicted octanol–water partition coefficient (Wildman–Crippen LogP) is 1.42. The second-order valence-corrected chi connectivity index (χ2v) is 13.5. The van der Waals surface area contributed by atoms with Crippen LogP contribution in [0, 0.1) is 45.3 Å². The van der Waals surface area contributed by atoms with Crippen LogP contribution in [-0.4, -0.2) is 72.0 Å². The Kier molecular flexibility index (Phi) is 15.1. The fraction of sp³-hybridized carbons (Fsp3) is 0.600. The molecule has 48 heavy (non-hydrogen) atoms. The van der Waals surface area contributed by atoms with E-state index in [1.807, 2.05) is 0 Å². The van der Waals surface area contributed by atoms with Gasteiger partial charge in [0.25, 0.3) is 0 Å². The Labute approximate surface area is 283 Å². The number of carbonyl (C=O) groups excluding carboxylic acids is 5. The van der Waals surface area contributed by atoms with E-state index in [4.69, 9.17) is 12.2 Å². The number of primary amides is 1. The summed E-state index contributed by atoms with van der Waals surface area (Å²) in [5.74, 6) is -0.635. The molecule has 5 amide bonds. The first kappa shape index (κ1) is 41.4. The van der Waals surface area contributed by atoms with Crippen LogP contribution in [0.2, 0.25) is 0 Å². The first-order valence-electron chi connectivity index (χ1n) is 15.9. The van der Waals surface area contributed by atoms with Crippen molar-refractivity contribution in [2.45, 2.75) is 92.2 Å². The minimum absolute atomic E-state index is 0.00495. The molecule has 6 unspecified atom stereocenters. The van der Waals surface area contributed by atoms with Gasteiger partial charge in [-0.15, -0.1) is 6.42 Å². The molecule has 0 fully saturated rings. The number of hydrogen-bond acceptors (Lipinski definition) is 8. The highest BCUT2D eigenvalue weighted by Gasteiger charge is 2.57. The minimum Gasteiger partial charge on any atom is -0.508 e. The van der Waals surface area contributed by atoms with Gasteiger partial charge in [-0.3, -0.25) is 24.0 Å². The number of aromatic hydroxyl groups is 1. The summed E-state index contributed by atoms with van der Waals surface area (Å²) >= 11 is 0. The van der Waals surface area contributed by atoms with E-state index in [1.165, 1.54) is 40.0 Å². The number of rotatable bonds is 19. The van der Waals surface area contributed by atoms with Crippen molar-refractivity contribution in [3.63, 3.8) is 0 Å². The Morgan fingerprint density at radius 1 is 0.979 bits per heavy atom. The molecule has 1 rings (SSSR count). The lowest BCUT2D eigenvalue weighted by Gasteiger charge is -2.47. The third-order valence-corrected chi connectivity index (χ3v) is 9.42. The number of nitrogens with two attached hydrogens (primary N) is 1. The van der Waals surface area contributed by atoms with E-state index in [0.29, 0.717) is 12.0 Å². The molecule has 13 nitrogen and oxygen atoms in total. The van der Waals surface area contributed by atoms with Crippen molar-refractivity contribution < 1.29 is 34.2 Å². The van der Waals surface area contributed by atoms with Gasteiger partial charge >= 0.3 is 0 Å². The maximum absolute atomic E-state index is 14.5. The van der Waals surface area contributed by atoms with E-state index in [-0.39, 0.29) is 50.9 Å². The number of terminal acetylenes is 1. The minimum atomic E-state index is -1.75. The zero-order chi connectivity index (χ0) is 36.9. The summed E-state index contributed by atoms with van der Waals surface area (Å²) in [5, 5.41) is 40.7. The zero-order valence-electron chi connectivity index (χ0n) is 29.2. The van der Waals surface area contributed by atoms with E-state index >= 15 is 0 Å². The van der Waals surface area contributed by atoms with Crippen LogP contribution in [0.5, 0.6) is 5.75 Å². The molecule has 0 saturated carbocycles. The molecule has 0 saturated heterocycles. The Morgan fingerprint density at radius 2 is 1.58 bits per heavy atom. The molecular formula is C35H52N6O7. The lowest BCUT2D eigenvalue weighted by molar-refractivity contribution is -0.148. The third kappa shape index (κ3) is 10.7. The molecule has 0 bridgehead atoms. The number of aliphatic hydroxyl groups is 1. The average Bonchev–Trinajstić information content (AvgIpc) is 3.04. The zero-order valence-corrected chi connectivity index (χ0v) is 29.2. The fourth-order valence-electron chi connectivity index (χ4n) is 5.98. The van der Waals surface area contributed by atoms with Gasteiger partial charge in [-0.1, -0.05) is 38.8 Å². The summed E-state index contributed by atoms with van der Waals surface area (Å²) in [5.41, 5.74) is 0.364. The molecular weight excluding hydrogens is 616 g/mol. The van der Waals surface area contributed by atoms with E-state index in [1.54, 1.807) is 32.9 Å². The Hall–Kier alpha value is -4.62. The first-order chi connectivity index (χ1) is 22.3. The van der Waals surface area contributed by atoms with Gasteiger partial charge < -0.3 is 37.2 Å². The fourth-order valence-corrected chi connectivity index (χ4v) is 5.98. The SMILES string of the molecule is C#CCNC(=O)CCC(C)(C#N)C(C)(CC(C)(CC(C)(CC)C(=O)NCC(C)O)C(=O)NC)C(=O)NC(Cc1ccc(O)cc1)C(N)=O. The van der Waals surface area contributed by atoms with E-state index in [2.05, 4.69) is 33.3 Å². The molecule has 1 aromatic rings. The van der Waals surface area contributed by atoms with Crippen molar-refractivity contribution in [1.29, 1.82) is 5.26 Å². The number of amides is 5. The second kappa shape index (κ2) is 17.5. The number of nitrogens with zero attached hydrogens (tertiary/aromatic N) is 1. The Morgan fingerprint density at radius 3 is 2.06 bits per heavy atom. The number of nitriles is 1. The molecule has 0 aliphatic rings. The molecule has 0 aliphatic heterocycles. The van der Waals surface area contributed by atoms with Gasteiger partial charge in [0.15, 0.2) is 0 Å². The molecule has 8 N–H and O–H groups in total. The Balaban J connectivity index is 3.77. The van der Waals surface area contributed by atoms with Crippen LogP contribution in [0.15, 0.2) is 24.3 Å². The summed E-state index contributed by atoms with van der Waals surface area (Å²) in [7, 11) is 1.43. The Bertz CT molecular complexity index is 1400. The number of hydrogen-bond donors (Lipinski definition) is 7. The summed E-state index contributed by atoms with van der Waals surface area (Å²) in [4.78, 5) is 66.9. The molecule has 1 aromatic carbocycles. The summed E-state index contributed by atoms with van der Waals surface area (Å²) in [6.07, 6.45) is 4.11. The number of phenols is 1. The topological polar surface area (TPSA) is 224 Å². The van der Waals surface area contributed by atoms with Crippen LogP contribution in [0.1, 0.15) is 79.2 Å². The lowest BCUT2D eigenvalue weighted by atomic mass is 9.55. The number of nitrogens with one attached hydrogen (secondary N) is 4. The third-order valence-electron chi connectivity index (χ3n) is 9.42.